The number of alkyl halides is 1. The summed E-state index contributed by atoms with van der Waals surface area (Å²) in [5.41, 5.74) is -3.12. The van der Waals surface area contributed by atoms with Gasteiger partial charge in [-0.15, -0.1) is 11.6 Å². The number of hydrogen-bond donors (Lipinski definition) is 1. The fraction of sp³-hybridized carbons (Fsp3) is 0.688. The zero-order valence-corrected chi connectivity index (χ0v) is 13.6. The molecule has 0 aromatic heterocycles. The maximum absolute atomic E-state index is 13.0. The highest BCUT2D eigenvalue weighted by molar-refractivity contribution is 6.25. The molecule has 6 heteroatoms. The van der Waals surface area contributed by atoms with Gasteiger partial charge in [0.25, 0.3) is 0 Å². The van der Waals surface area contributed by atoms with Crippen LogP contribution in [0.25, 0.3) is 0 Å². The summed E-state index contributed by atoms with van der Waals surface area (Å²) in [7, 11) is 0. The first kappa shape index (κ1) is 15.5. The number of nitrogens with one attached hydrogen (secondary N) is 1. The van der Waals surface area contributed by atoms with Crippen LogP contribution >= 0.6 is 11.6 Å². The smallest absolute Gasteiger partial charge is 0.345 e. The predicted molar refractivity (Wildman–Crippen MR) is 80.4 cm³/mol. The van der Waals surface area contributed by atoms with Gasteiger partial charge in [0.2, 0.25) is 11.4 Å². The molecule has 2 heterocycles. The van der Waals surface area contributed by atoms with Crippen molar-refractivity contribution < 1.29 is 19.1 Å². The Balaban J connectivity index is 2.05. The lowest BCUT2D eigenvalue weighted by molar-refractivity contribution is -0.227. The molecule has 1 aliphatic carbocycles. The van der Waals surface area contributed by atoms with E-state index in [-0.39, 0.29) is 17.6 Å². The minimum Gasteiger partial charge on any atom is -0.452 e. The third kappa shape index (κ3) is 1.58. The van der Waals surface area contributed by atoms with Crippen LogP contribution in [0.1, 0.15) is 46.0 Å². The van der Waals surface area contributed by atoms with Gasteiger partial charge in [0, 0.05) is 5.88 Å². The summed E-state index contributed by atoms with van der Waals surface area (Å²) in [6, 6.07) is 0. The molecule has 3 atom stereocenters. The molecule has 5 nitrogen and oxygen atoms in total. The van der Waals surface area contributed by atoms with Crippen LogP contribution in [-0.4, -0.2) is 34.7 Å². The Labute approximate surface area is 134 Å². The molecule has 3 aliphatic rings. The van der Waals surface area contributed by atoms with Crippen molar-refractivity contribution in [2.45, 2.75) is 57.1 Å². The molecule has 0 bridgehead atoms. The Hall–Kier alpha value is -1.36. The number of rotatable bonds is 4. The summed E-state index contributed by atoms with van der Waals surface area (Å²) in [5.74, 6) is -1.05. The number of amides is 1. The number of allylic oxidation sites excluding steroid dienone is 1. The molecule has 2 fully saturated rings. The second kappa shape index (κ2) is 4.82. The molecule has 0 aromatic rings. The Morgan fingerprint density at radius 3 is 2.64 bits per heavy atom. The van der Waals surface area contributed by atoms with Crippen molar-refractivity contribution in [2.24, 2.45) is 5.41 Å². The first-order valence-electron chi connectivity index (χ1n) is 7.69. The average Bonchev–Trinajstić information content (AvgIpc) is 2.64. The lowest BCUT2D eigenvalue weighted by atomic mass is 9.60. The average molecular weight is 326 g/mol. The van der Waals surface area contributed by atoms with Crippen molar-refractivity contribution in [1.82, 2.24) is 5.32 Å². The Morgan fingerprint density at radius 2 is 2.09 bits per heavy atom. The fourth-order valence-electron chi connectivity index (χ4n) is 3.90. The summed E-state index contributed by atoms with van der Waals surface area (Å²) in [5, 5.41) is 2.67. The van der Waals surface area contributed by atoms with Gasteiger partial charge in [-0.3, -0.25) is 9.59 Å². The topological polar surface area (TPSA) is 72.5 Å². The molecule has 1 N–H and O–H groups in total. The Morgan fingerprint density at radius 1 is 1.36 bits per heavy atom. The second-order valence-corrected chi connectivity index (χ2v) is 7.08. The van der Waals surface area contributed by atoms with E-state index in [0.717, 1.165) is 19.3 Å². The van der Waals surface area contributed by atoms with Crippen LogP contribution in [0.15, 0.2) is 11.6 Å². The quantitative estimate of drug-likeness (QED) is 0.486. The third-order valence-corrected chi connectivity index (χ3v) is 5.88. The normalized spacial score (nSPS) is 40.2. The van der Waals surface area contributed by atoms with Crippen LogP contribution in [0.3, 0.4) is 0 Å². The molecule has 0 saturated carbocycles. The van der Waals surface area contributed by atoms with Gasteiger partial charge in [0.15, 0.2) is 11.4 Å². The molecule has 0 aromatic carbocycles. The minimum atomic E-state index is -1.58. The van der Waals surface area contributed by atoms with E-state index in [4.69, 9.17) is 16.3 Å². The van der Waals surface area contributed by atoms with Gasteiger partial charge in [-0.25, -0.2) is 4.79 Å². The lowest BCUT2D eigenvalue weighted by Crippen LogP contribution is -2.79. The van der Waals surface area contributed by atoms with Crippen LogP contribution in [0, 0.1) is 5.41 Å². The molecular formula is C16H20ClNO4. The molecule has 120 valence electrons. The van der Waals surface area contributed by atoms with E-state index in [1.807, 2.05) is 6.08 Å². The van der Waals surface area contributed by atoms with Gasteiger partial charge in [-0.1, -0.05) is 6.08 Å². The fourth-order valence-corrected chi connectivity index (χ4v) is 4.28. The zero-order chi connectivity index (χ0) is 16.2. The van der Waals surface area contributed by atoms with E-state index < -0.39 is 22.5 Å². The number of esters is 1. The number of fused-ring (bicyclic) bond motifs is 1. The van der Waals surface area contributed by atoms with E-state index in [9.17, 15) is 14.4 Å². The number of carbonyl (C=O) groups excluding carboxylic acids is 3. The van der Waals surface area contributed by atoms with Crippen LogP contribution in [0.4, 0.5) is 0 Å². The molecule has 2 saturated heterocycles. The predicted octanol–water partition coefficient (Wildman–Crippen LogP) is 1.88. The molecular weight excluding hydrogens is 306 g/mol. The van der Waals surface area contributed by atoms with E-state index >= 15 is 0 Å². The standard InChI is InChI=1S/C16H20ClNO4/c1-14(8-9-17)12(20)18-16(13(21)22-15(14,16)2)11(19)10-6-4-3-5-7-10/h6H,3-5,7-9H2,1-2H3,(H,18,20)/t14-,15-,16-/m0/s1. The van der Waals surface area contributed by atoms with E-state index in [2.05, 4.69) is 5.32 Å². The van der Waals surface area contributed by atoms with Gasteiger partial charge >= 0.3 is 5.97 Å². The lowest BCUT2D eigenvalue weighted by Gasteiger charge is -2.53. The summed E-state index contributed by atoms with van der Waals surface area (Å²) >= 11 is 5.83. The van der Waals surface area contributed by atoms with Gasteiger partial charge in [-0.05, 0) is 51.5 Å². The highest BCUT2D eigenvalue weighted by Crippen LogP contribution is 2.58. The maximum atomic E-state index is 13.0. The van der Waals surface area contributed by atoms with Crippen LogP contribution in [0.2, 0.25) is 0 Å². The molecule has 22 heavy (non-hydrogen) atoms. The van der Waals surface area contributed by atoms with Gasteiger partial charge in [0.05, 0.1) is 5.41 Å². The second-order valence-electron chi connectivity index (χ2n) is 6.70. The first-order valence-corrected chi connectivity index (χ1v) is 8.23. The van der Waals surface area contributed by atoms with Crippen molar-refractivity contribution in [3.63, 3.8) is 0 Å². The number of ether oxygens (including phenoxy) is 1. The van der Waals surface area contributed by atoms with Crippen molar-refractivity contribution in [1.29, 1.82) is 0 Å². The molecule has 0 unspecified atom stereocenters. The summed E-state index contributed by atoms with van der Waals surface area (Å²) in [6.07, 6.45) is 5.67. The summed E-state index contributed by atoms with van der Waals surface area (Å²) < 4.78 is 5.38. The van der Waals surface area contributed by atoms with Crippen LogP contribution in [0.5, 0.6) is 0 Å². The Bertz CT molecular complexity index is 601. The largest absolute Gasteiger partial charge is 0.452 e. The number of halogens is 1. The Kier molecular flexibility index (Phi) is 3.40. The van der Waals surface area contributed by atoms with E-state index in [1.54, 1.807) is 13.8 Å². The molecule has 3 rings (SSSR count). The number of hydrogen-bond acceptors (Lipinski definition) is 4. The van der Waals surface area contributed by atoms with E-state index in [0.29, 0.717) is 18.4 Å². The van der Waals surface area contributed by atoms with Crippen LogP contribution < -0.4 is 5.32 Å². The van der Waals surface area contributed by atoms with Crippen molar-refractivity contribution in [3.05, 3.63) is 11.6 Å². The first-order chi connectivity index (χ1) is 10.3. The van der Waals surface area contributed by atoms with Crippen molar-refractivity contribution >= 4 is 29.3 Å². The van der Waals surface area contributed by atoms with Gasteiger partial charge in [-0.2, -0.15) is 0 Å². The number of Topliss-reactive ketones (excluding diaryl/α,β-unsaturated/α-hetero) is 1. The molecule has 0 spiro atoms. The zero-order valence-electron chi connectivity index (χ0n) is 12.8. The molecule has 0 radical (unpaired) electrons. The summed E-state index contributed by atoms with van der Waals surface area (Å²) in [4.78, 5) is 37.8. The van der Waals surface area contributed by atoms with Gasteiger partial charge in [0.1, 0.15) is 0 Å². The highest BCUT2D eigenvalue weighted by Gasteiger charge is 2.83. The highest BCUT2D eigenvalue weighted by atomic mass is 35.5. The number of carbonyl (C=O) groups is 3. The van der Waals surface area contributed by atoms with Crippen LogP contribution in [-0.2, 0) is 19.1 Å². The van der Waals surface area contributed by atoms with E-state index in [1.165, 1.54) is 0 Å². The minimum absolute atomic E-state index is 0.254. The van der Waals surface area contributed by atoms with Crippen molar-refractivity contribution in [3.8, 4) is 0 Å². The summed E-state index contributed by atoms with van der Waals surface area (Å²) in [6.45, 7) is 3.38. The van der Waals surface area contributed by atoms with Crippen molar-refractivity contribution in [2.75, 3.05) is 5.88 Å². The third-order valence-electron chi connectivity index (χ3n) is 5.69. The number of ketones is 1. The SMILES string of the molecule is C[C@@]12OC(=O)[C@]1(C(=O)C1=CCCCC1)NC(=O)[C@]2(C)CCCl. The van der Waals surface area contributed by atoms with Gasteiger partial charge < -0.3 is 10.1 Å². The molecule has 2 aliphatic heterocycles. The monoisotopic (exact) mass is 325 g/mol. The molecule has 1 amide bonds. The maximum Gasteiger partial charge on any atom is 0.345 e.